The fourth-order valence-corrected chi connectivity index (χ4v) is 3.21. The molecular weight excluding hydrogens is 274 g/mol. The molecule has 0 fully saturated rings. The molecule has 0 aliphatic carbocycles. The summed E-state index contributed by atoms with van der Waals surface area (Å²) in [7, 11) is -7.89. The van der Waals surface area contributed by atoms with Gasteiger partial charge in [0.2, 0.25) is 20.0 Å². The van der Waals surface area contributed by atoms with E-state index in [1.54, 1.807) is 0 Å². The van der Waals surface area contributed by atoms with Crippen LogP contribution in [0.1, 0.15) is 6.92 Å². The van der Waals surface area contributed by atoms with E-state index >= 15 is 0 Å². The molecule has 0 heterocycles. The van der Waals surface area contributed by atoms with Crippen molar-refractivity contribution in [1.29, 1.82) is 0 Å². The van der Waals surface area contributed by atoms with E-state index < -0.39 is 38.4 Å². The summed E-state index contributed by atoms with van der Waals surface area (Å²) in [5.41, 5.74) is 0. The maximum Gasteiger partial charge on any atom is 0.365 e. The third-order valence-electron chi connectivity index (χ3n) is 1.38. The van der Waals surface area contributed by atoms with Gasteiger partial charge in [0.25, 0.3) is 0 Å². The van der Waals surface area contributed by atoms with E-state index in [4.69, 9.17) is 0 Å². The van der Waals surface area contributed by atoms with Gasteiger partial charge in [0, 0.05) is 6.08 Å². The molecule has 8 nitrogen and oxygen atoms in total. The number of hydrogen-bond donors (Lipinski definition) is 1. The van der Waals surface area contributed by atoms with Crippen molar-refractivity contribution in [2.75, 3.05) is 18.1 Å². The van der Waals surface area contributed by atoms with Crippen molar-refractivity contribution >= 4 is 26.0 Å². The van der Waals surface area contributed by atoms with E-state index in [-0.39, 0.29) is 5.75 Å². The Kier molecular flexibility index (Phi) is 6.31. The third-order valence-corrected chi connectivity index (χ3v) is 4.87. The average molecular weight is 287 g/mol. The summed E-state index contributed by atoms with van der Waals surface area (Å²) < 4.78 is 45.8. The van der Waals surface area contributed by atoms with Crippen molar-refractivity contribution in [1.82, 2.24) is 4.13 Å². The molecule has 0 aromatic heterocycles. The van der Waals surface area contributed by atoms with Crippen molar-refractivity contribution in [2.24, 2.45) is 0 Å². The molecule has 0 saturated carbocycles. The summed E-state index contributed by atoms with van der Waals surface area (Å²) >= 11 is 0. The molecule has 0 aromatic carbocycles. The maximum atomic E-state index is 11.2. The van der Waals surface area contributed by atoms with Crippen LogP contribution in [-0.4, -0.2) is 40.9 Å². The van der Waals surface area contributed by atoms with Gasteiger partial charge in [-0.3, -0.25) is 4.89 Å². The first kappa shape index (κ1) is 16.0. The first-order valence-corrected chi connectivity index (χ1v) is 7.72. The molecule has 1 N–H and O–H groups in total. The molecule has 0 rings (SSSR count). The Labute approximate surface area is 99.6 Å². The lowest BCUT2D eigenvalue weighted by Crippen LogP contribution is -2.34. The van der Waals surface area contributed by atoms with Crippen LogP contribution in [0.5, 0.6) is 0 Å². The summed E-state index contributed by atoms with van der Waals surface area (Å²) in [6, 6.07) is 0. The lowest BCUT2D eigenvalue weighted by atomic mass is 10.7. The second-order valence-corrected chi connectivity index (χ2v) is 6.85. The van der Waals surface area contributed by atoms with E-state index in [2.05, 4.69) is 16.4 Å². The van der Waals surface area contributed by atoms with Crippen LogP contribution in [0.2, 0.25) is 0 Å². The van der Waals surface area contributed by atoms with Gasteiger partial charge in [0.15, 0.2) is 0 Å². The van der Waals surface area contributed by atoms with Crippen molar-refractivity contribution in [2.45, 2.75) is 6.92 Å². The molecule has 100 valence electrons. The van der Waals surface area contributed by atoms with Gasteiger partial charge in [-0.1, -0.05) is 6.58 Å². The molecule has 0 aliphatic rings. The summed E-state index contributed by atoms with van der Waals surface area (Å²) in [6.07, 6.45) is 0.828. The number of sulfonamides is 2. The first-order valence-electron chi connectivity index (χ1n) is 4.42. The van der Waals surface area contributed by atoms with E-state index in [0.717, 1.165) is 6.08 Å². The van der Waals surface area contributed by atoms with Crippen molar-refractivity contribution < 1.29 is 31.4 Å². The van der Waals surface area contributed by atoms with Gasteiger partial charge in [-0.05, 0) is 6.92 Å². The van der Waals surface area contributed by atoms with E-state index in [1.165, 1.54) is 11.1 Å². The zero-order chi connectivity index (χ0) is 13.5. The van der Waals surface area contributed by atoms with Crippen molar-refractivity contribution in [3.8, 4) is 0 Å². The summed E-state index contributed by atoms with van der Waals surface area (Å²) in [5, 5.41) is 0. The van der Waals surface area contributed by atoms with Gasteiger partial charge in [-0.2, -0.15) is 4.89 Å². The van der Waals surface area contributed by atoms with Gasteiger partial charge in [0.05, 0.1) is 11.5 Å². The molecule has 0 saturated heterocycles. The third kappa shape index (κ3) is 7.85. The van der Waals surface area contributed by atoms with Crippen molar-refractivity contribution in [3.05, 3.63) is 12.7 Å². The lowest BCUT2D eigenvalue weighted by molar-refractivity contribution is -0.263. The van der Waals surface area contributed by atoms with Crippen LogP contribution in [-0.2, 0) is 34.6 Å². The molecule has 0 atom stereocenters. The zero-order valence-corrected chi connectivity index (χ0v) is 10.7. The van der Waals surface area contributed by atoms with E-state index in [0.29, 0.717) is 0 Å². The van der Waals surface area contributed by atoms with Gasteiger partial charge in [-0.15, -0.1) is 4.13 Å². The minimum absolute atomic E-state index is 0.363. The Morgan fingerprint density at radius 2 is 1.88 bits per heavy atom. The number of hydrogen-bond acceptors (Lipinski definition) is 7. The quantitative estimate of drug-likeness (QED) is 0.261. The van der Waals surface area contributed by atoms with Crippen LogP contribution in [0.4, 0.5) is 0 Å². The standard InChI is InChI=1S/C7H13NO7S2/c1-3-7(9)15-14-5-6-17(12,13)8-16(10,11)4-2/h3,8H,1,4-6H2,2H3. The number of rotatable bonds is 8. The second kappa shape index (κ2) is 6.69. The Morgan fingerprint density at radius 1 is 1.29 bits per heavy atom. The molecule has 17 heavy (non-hydrogen) atoms. The predicted octanol–water partition coefficient (Wildman–Crippen LogP) is -1.08. The molecule has 10 heteroatoms. The molecule has 0 amide bonds. The molecule has 0 aromatic rings. The normalized spacial score (nSPS) is 12.1. The zero-order valence-electron chi connectivity index (χ0n) is 9.08. The fourth-order valence-electron chi connectivity index (χ4n) is 0.572. The van der Waals surface area contributed by atoms with Crippen LogP contribution in [0, 0.1) is 0 Å². The highest BCUT2D eigenvalue weighted by Gasteiger charge is 2.18. The maximum absolute atomic E-state index is 11.2. The molecule has 0 radical (unpaired) electrons. The highest BCUT2D eigenvalue weighted by Crippen LogP contribution is 1.92. The van der Waals surface area contributed by atoms with Gasteiger partial charge < -0.3 is 0 Å². The first-order chi connectivity index (χ1) is 7.72. The second-order valence-electron chi connectivity index (χ2n) is 2.73. The Morgan fingerprint density at radius 3 is 2.35 bits per heavy atom. The number of carbonyl (C=O) groups is 1. The van der Waals surface area contributed by atoms with Crippen LogP contribution < -0.4 is 4.13 Å². The smallest absolute Gasteiger partial charge is 0.294 e. The SMILES string of the molecule is C=CC(=O)OOCCS(=O)(=O)NS(=O)(=O)CC. The monoisotopic (exact) mass is 287 g/mol. The Balaban J connectivity index is 4.12. The number of carbonyl (C=O) groups excluding carboxylic acids is 1. The Bertz CT molecular complexity index is 464. The molecule has 0 spiro atoms. The largest absolute Gasteiger partial charge is 0.365 e. The van der Waals surface area contributed by atoms with Crippen LogP contribution >= 0.6 is 0 Å². The average Bonchev–Trinajstić information content (AvgIpc) is 2.22. The summed E-state index contributed by atoms with van der Waals surface area (Å²) in [5.74, 6) is -1.90. The predicted molar refractivity (Wildman–Crippen MR) is 58.6 cm³/mol. The number of nitrogens with one attached hydrogen (secondary N) is 1. The molecular formula is C7H13NO7S2. The van der Waals surface area contributed by atoms with Crippen LogP contribution in [0.25, 0.3) is 0 Å². The van der Waals surface area contributed by atoms with Gasteiger partial charge >= 0.3 is 5.97 Å². The van der Waals surface area contributed by atoms with E-state index in [1.807, 2.05) is 0 Å². The van der Waals surface area contributed by atoms with Gasteiger partial charge in [-0.25, -0.2) is 21.6 Å². The Hall–Kier alpha value is -0.970. The highest BCUT2D eigenvalue weighted by molar-refractivity contribution is 8.04. The molecule has 0 unspecified atom stereocenters. The minimum Gasteiger partial charge on any atom is -0.294 e. The fraction of sp³-hybridized carbons (Fsp3) is 0.571. The highest BCUT2D eigenvalue weighted by atomic mass is 32.3. The summed E-state index contributed by atoms with van der Waals surface area (Å²) in [4.78, 5) is 18.8. The van der Waals surface area contributed by atoms with E-state index in [9.17, 15) is 21.6 Å². The van der Waals surface area contributed by atoms with Crippen molar-refractivity contribution in [3.63, 3.8) is 0 Å². The molecule has 0 bridgehead atoms. The summed E-state index contributed by atoms with van der Waals surface area (Å²) in [6.45, 7) is 3.88. The topological polar surface area (TPSA) is 116 Å². The van der Waals surface area contributed by atoms with Gasteiger partial charge in [0.1, 0.15) is 6.61 Å². The van der Waals surface area contributed by atoms with Crippen LogP contribution in [0.15, 0.2) is 12.7 Å². The lowest BCUT2D eigenvalue weighted by Gasteiger charge is -2.05. The molecule has 0 aliphatic heterocycles. The minimum atomic E-state index is -4.04. The van der Waals surface area contributed by atoms with Crippen LogP contribution in [0.3, 0.4) is 0 Å².